The molecule has 1 aromatic heterocycles. The van der Waals surface area contributed by atoms with Gasteiger partial charge < -0.3 is 15.5 Å². The lowest BCUT2D eigenvalue weighted by atomic mass is 10.1. The lowest BCUT2D eigenvalue weighted by Crippen LogP contribution is -2.48. The first-order valence-corrected chi connectivity index (χ1v) is 8.62. The minimum atomic E-state index is 0. The number of likely N-dealkylation sites (tertiary alicyclic amines) is 1. The molecule has 0 saturated carbocycles. The lowest BCUT2D eigenvalue weighted by molar-refractivity contribution is 0.263. The van der Waals surface area contributed by atoms with E-state index in [0.29, 0.717) is 0 Å². The molecule has 7 nitrogen and oxygen atoms in total. The van der Waals surface area contributed by atoms with Crippen LogP contribution in [-0.2, 0) is 0 Å². The predicted octanol–water partition coefficient (Wildman–Crippen LogP) is 1.02. The minimum absolute atomic E-state index is 0. The molecule has 134 valence electrons. The molecule has 2 fully saturated rings. The van der Waals surface area contributed by atoms with Crippen molar-refractivity contribution < 1.29 is 0 Å². The second kappa shape index (κ2) is 9.97. The van der Waals surface area contributed by atoms with E-state index >= 15 is 0 Å². The molecule has 0 amide bonds. The number of nitrogens with two attached hydrogens (primary N) is 1. The van der Waals surface area contributed by atoms with E-state index in [4.69, 9.17) is 5.73 Å². The van der Waals surface area contributed by atoms with Gasteiger partial charge in [0.25, 0.3) is 0 Å². The highest BCUT2D eigenvalue weighted by molar-refractivity contribution is 14.0. The molecule has 0 aromatic carbocycles. The topological polar surface area (TPSA) is 73.9 Å². The normalized spacial score (nSPS) is 19.9. The summed E-state index contributed by atoms with van der Waals surface area (Å²) in [6.07, 6.45) is 7.39. The maximum absolute atomic E-state index is 6.09. The van der Waals surface area contributed by atoms with Gasteiger partial charge in [-0.1, -0.05) is 0 Å². The fourth-order valence-corrected chi connectivity index (χ4v) is 3.15. The van der Waals surface area contributed by atoms with Crippen molar-refractivity contribution in [3.05, 3.63) is 18.5 Å². The first-order chi connectivity index (χ1) is 11.3. The molecule has 2 aliphatic rings. The van der Waals surface area contributed by atoms with Crippen LogP contribution in [0.3, 0.4) is 0 Å². The summed E-state index contributed by atoms with van der Waals surface area (Å²) in [4.78, 5) is 20.1. The summed E-state index contributed by atoms with van der Waals surface area (Å²) < 4.78 is 0. The third-order valence-corrected chi connectivity index (χ3v) is 4.58. The third-order valence-electron chi connectivity index (χ3n) is 4.58. The maximum atomic E-state index is 6.09. The van der Waals surface area contributed by atoms with Gasteiger partial charge in [0.1, 0.15) is 0 Å². The summed E-state index contributed by atoms with van der Waals surface area (Å²) in [5, 5.41) is 0. The summed E-state index contributed by atoms with van der Waals surface area (Å²) in [7, 11) is 0. The van der Waals surface area contributed by atoms with Crippen LogP contribution in [0, 0.1) is 0 Å². The number of hydrogen-bond donors (Lipinski definition) is 1. The summed E-state index contributed by atoms with van der Waals surface area (Å²) in [6.45, 7) is 7.86. The van der Waals surface area contributed by atoms with Crippen LogP contribution in [0.15, 0.2) is 23.5 Å². The van der Waals surface area contributed by atoms with E-state index in [1.807, 2.05) is 6.07 Å². The molecule has 0 bridgehead atoms. The summed E-state index contributed by atoms with van der Waals surface area (Å²) in [5.41, 5.74) is 6.09. The number of hydrogen-bond acceptors (Lipinski definition) is 5. The van der Waals surface area contributed by atoms with E-state index in [-0.39, 0.29) is 24.0 Å². The van der Waals surface area contributed by atoms with Crippen molar-refractivity contribution in [2.75, 3.05) is 57.3 Å². The average Bonchev–Trinajstić information content (AvgIpc) is 2.64. The molecule has 1 aromatic rings. The Morgan fingerprint density at radius 1 is 1.00 bits per heavy atom. The summed E-state index contributed by atoms with van der Waals surface area (Å²) in [5.74, 6) is 1.56. The molecule has 3 heterocycles. The van der Waals surface area contributed by atoms with Crippen LogP contribution in [0.2, 0.25) is 0 Å². The van der Waals surface area contributed by atoms with Gasteiger partial charge in [-0.3, -0.25) is 9.89 Å². The number of anilines is 1. The Bertz CT molecular complexity index is 496. The van der Waals surface area contributed by atoms with Gasteiger partial charge in [-0.25, -0.2) is 9.97 Å². The number of guanidine groups is 1. The van der Waals surface area contributed by atoms with E-state index in [0.717, 1.165) is 64.3 Å². The first kappa shape index (κ1) is 19.2. The number of aromatic nitrogens is 2. The van der Waals surface area contributed by atoms with Crippen LogP contribution < -0.4 is 10.6 Å². The first-order valence-electron chi connectivity index (χ1n) is 8.62. The maximum Gasteiger partial charge on any atom is 0.225 e. The monoisotopic (exact) mass is 445 g/mol. The molecule has 0 unspecified atom stereocenters. The molecule has 2 saturated heterocycles. The van der Waals surface area contributed by atoms with Crippen molar-refractivity contribution in [1.82, 2.24) is 19.8 Å². The minimum Gasteiger partial charge on any atom is -0.370 e. The van der Waals surface area contributed by atoms with Crippen molar-refractivity contribution in [1.29, 1.82) is 0 Å². The summed E-state index contributed by atoms with van der Waals surface area (Å²) in [6, 6.07) is 1.85. The number of rotatable bonds is 4. The van der Waals surface area contributed by atoms with Crippen molar-refractivity contribution in [3.8, 4) is 0 Å². The van der Waals surface area contributed by atoms with Gasteiger partial charge in [0.2, 0.25) is 5.95 Å². The standard InChI is InChI=1S/C16H27N7.HI/c17-15(22-8-2-1-3-9-22)18-7-10-21-11-13-23(14-12-21)16-19-5-4-6-20-16;/h4-6H,1-3,7-14H2,(H2,17,18);1H. The third kappa shape index (κ3) is 5.44. The molecular weight excluding hydrogens is 417 g/mol. The highest BCUT2D eigenvalue weighted by atomic mass is 127. The highest BCUT2D eigenvalue weighted by Crippen LogP contribution is 2.10. The Labute approximate surface area is 161 Å². The fraction of sp³-hybridized carbons (Fsp3) is 0.688. The van der Waals surface area contributed by atoms with Crippen molar-refractivity contribution in [3.63, 3.8) is 0 Å². The van der Waals surface area contributed by atoms with E-state index in [1.165, 1.54) is 19.3 Å². The van der Waals surface area contributed by atoms with Gasteiger partial charge >= 0.3 is 0 Å². The van der Waals surface area contributed by atoms with E-state index in [9.17, 15) is 0 Å². The van der Waals surface area contributed by atoms with Gasteiger partial charge in [-0.2, -0.15) is 0 Å². The van der Waals surface area contributed by atoms with Crippen LogP contribution in [0.4, 0.5) is 5.95 Å². The predicted molar refractivity (Wildman–Crippen MR) is 108 cm³/mol. The number of aliphatic imine (C=N–C) groups is 1. The molecule has 0 spiro atoms. The molecule has 0 radical (unpaired) electrons. The molecule has 8 heteroatoms. The SMILES string of the molecule is I.NC(=NCCN1CCN(c2ncccn2)CC1)N1CCCCC1. The molecule has 3 rings (SSSR count). The van der Waals surface area contributed by atoms with Gasteiger partial charge in [0, 0.05) is 58.2 Å². The summed E-state index contributed by atoms with van der Waals surface area (Å²) >= 11 is 0. The number of halogens is 1. The Balaban J connectivity index is 0.00000208. The van der Waals surface area contributed by atoms with Crippen molar-refractivity contribution >= 4 is 35.9 Å². The van der Waals surface area contributed by atoms with Crippen LogP contribution in [0.25, 0.3) is 0 Å². The van der Waals surface area contributed by atoms with E-state index in [1.54, 1.807) is 12.4 Å². The average molecular weight is 445 g/mol. The van der Waals surface area contributed by atoms with Crippen molar-refractivity contribution in [2.45, 2.75) is 19.3 Å². The molecule has 24 heavy (non-hydrogen) atoms. The van der Waals surface area contributed by atoms with Crippen LogP contribution >= 0.6 is 24.0 Å². The lowest BCUT2D eigenvalue weighted by Gasteiger charge is -2.34. The van der Waals surface area contributed by atoms with Gasteiger partial charge in [0.15, 0.2) is 5.96 Å². The fourth-order valence-electron chi connectivity index (χ4n) is 3.15. The zero-order valence-corrected chi connectivity index (χ0v) is 16.5. The number of piperidine rings is 1. The number of piperazine rings is 1. The van der Waals surface area contributed by atoms with E-state index < -0.39 is 0 Å². The molecule has 2 N–H and O–H groups in total. The van der Waals surface area contributed by atoms with Crippen molar-refractivity contribution in [2.24, 2.45) is 10.7 Å². The number of nitrogens with zero attached hydrogens (tertiary/aromatic N) is 6. The Kier molecular flexibility index (Phi) is 7.97. The molecule has 2 aliphatic heterocycles. The Hall–Kier alpha value is -1.16. The zero-order chi connectivity index (χ0) is 15.9. The second-order valence-corrected chi connectivity index (χ2v) is 6.17. The smallest absolute Gasteiger partial charge is 0.225 e. The molecule has 0 aliphatic carbocycles. The van der Waals surface area contributed by atoms with Gasteiger partial charge in [-0.15, -0.1) is 24.0 Å². The van der Waals surface area contributed by atoms with Gasteiger partial charge in [-0.05, 0) is 25.3 Å². The highest BCUT2D eigenvalue weighted by Gasteiger charge is 2.18. The van der Waals surface area contributed by atoms with E-state index in [2.05, 4.69) is 29.7 Å². The largest absolute Gasteiger partial charge is 0.370 e. The van der Waals surface area contributed by atoms with Crippen LogP contribution in [-0.4, -0.2) is 78.1 Å². The molecule has 0 atom stereocenters. The Morgan fingerprint density at radius 2 is 1.67 bits per heavy atom. The quantitative estimate of drug-likeness (QED) is 0.424. The second-order valence-electron chi connectivity index (χ2n) is 6.17. The molecular formula is C16H28IN7. The van der Waals surface area contributed by atoms with Crippen LogP contribution in [0.1, 0.15) is 19.3 Å². The Morgan fingerprint density at radius 3 is 2.33 bits per heavy atom. The van der Waals surface area contributed by atoms with Gasteiger partial charge in [0.05, 0.1) is 6.54 Å². The zero-order valence-electron chi connectivity index (χ0n) is 14.2. The van der Waals surface area contributed by atoms with Crippen LogP contribution in [0.5, 0.6) is 0 Å².